The standard InChI is InChI=1S/C22H22ClN5O4S/c1-11-8-13(9-16(23)18(11)24)10-26-22(32-21(25)30)27-20(29)17-12(2)33-28-19(17)14-4-6-15(31-3)7-5-14/h4-9H,10,24H2,1-3H3,(H2,25,30)(H,26,27,29). The highest BCUT2D eigenvalue weighted by molar-refractivity contribution is 7.06. The number of aliphatic imine (C=N–C) groups is 1. The normalized spacial score (nSPS) is 11.2. The second kappa shape index (κ2) is 10.3. The molecule has 3 rings (SSSR count). The van der Waals surface area contributed by atoms with Gasteiger partial charge in [-0.15, -0.1) is 0 Å². The Kier molecular flexibility index (Phi) is 7.52. The van der Waals surface area contributed by atoms with Crippen LogP contribution in [0.5, 0.6) is 5.75 Å². The van der Waals surface area contributed by atoms with Crippen molar-refractivity contribution in [3.8, 4) is 17.0 Å². The van der Waals surface area contributed by atoms with Crippen LogP contribution in [0.15, 0.2) is 41.4 Å². The van der Waals surface area contributed by atoms with Crippen molar-refractivity contribution in [3.05, 3.63) is 63.0 Å². The maximum atomic E-state index is 13.1. The molecule has 33 heavy (non-hydrogen) atoms. The molecule has 5 N–H and O–H groups in total. The monoisotopic (exact) mass is 487 g/mol. The number of anilines is 1. The Morgan fingerprint density at radius 3 is 2.52 bits per heavy atom. The number of aryl methyl sites for hydroxylation is 2. The van der Waals surface area contributed by atoms with Crippen LogP contribution in [-0.2, 0) is 11.3 Å². The number of nitrogens with two attached hydrogens (primary N) is 2. The number of nitrogen functional groups attached to an aromatic ring is 1. The quantitative estimate of drug-likeness (QED) is 0.281. The molecular weight excluding hydrogens is 466 g/mol. The molecule has 1 heterocycles. The van der Waals surface area contributed by atoms with Crippen LogP contribution in [0, 0.1) is 13.8 Å². The summed E-state index contributed by atoms with van der Waals surface area (Å²) < 4.78 is 14.5. The van der Waals surface area contributed by atoms with Crippen molar-refractivity contribution in [2.75, 3.05) is 12.8 Å². The van der Waals surface area contributed by atoms with Gasteiger partial charge in [0.1, 0.15) is 5.75 Å². The molecule has 3 aromatic rings. The van der Waals surface area contributed by atoms with Crippen LogP contribution in [0.3, 0.4) is 0 Å². The fraction of sp³-hybridized carbons (Fsp3) is 0.182. The van der Waals surface area contributed by atoms with E-state index in [1.165, 1.54) is 11.5 Å². The molecule has 0 bridgehead atoms. The van der Waals surface area contributed by atoms with Crippen molar-refractivity contribution in [2.24, 2.45) is 10.7 Å². The third kappa shape index (κ3) is 5.79. The first-order chi connectivity index (χ1) is 15.7. The molecule has 0 radical (unpaired) electrons. The van der Waals surface area contributed by atoms with Crippen LogP contribution in [0.2, 0.25) is 5.02 Å². The number of methoxy groups -OCH3 is 1. The molecule has 2 aromatic carbocycles. The van der Waals surface area contributed by atoms with Crippen molar-refractivity contribution >= 4 is 46.8 Å². The van der Waals surface area contributed by atoms with Crippen LogP contribution >= 0.6 is 23.1 Å². The number of primary amides is 1. The Labute approximate surface area is 199 Å². The minimum Gasteiger partial charge on any atom is -0.497 e. The maximum Gasteiger partial charge on any atom is 0.412 e. The fourth-order valence-electron chi connectivity index (χ4n) is 3.02. The Hall–Kier alpha value is -3.63. The minimum atomic E-state index is -1.11. The van der Waals surface area contributed by atoms with E-state index in [4.69, 9.17) is 32.5 Å². The van der Waals surface area contributed by atoms with Gasteiger partial charge in [0.2, 0.25) is 0 Å². The summed E-state index contributed by atoms with van der Waals surface area (Å²) in [6.45, 7) is 3.64. The van der Waals surface area contributed by atoms with E-state index in [1.54, 1.807) is 50.4 Å². The lowest BCUT2D eigenvalue weighted by Crippen LogP contribution is -2.36. The van der Waals surface area contributed by atoms with Crippen LogP contribution in [0.1, 0.15) is 26.4 Å². The van der Waals surface area contributed by atoms with E-state index in [2.05, 4.69) is 14.7 Å². The van der Waals surface area contributed by atoms with E-state index in [0.717, 1.165) is 11.1 Å². The summed E-state index contributed by atoms with van der Waals surface area (Å²) in [5, 5.41) is 2.89. The zero-order valence-corrected chi connectivity index (χ0v) is 19.7. The van der Waals surface area contributed by atoms with E-state index in [0.29, 0.717) is 38.2 Å². The highest BCUT2D eigenvalue weighted by Gasteiger charge is 2.22. The summed E-state index contributed by atoms with van der Waals surface area (Å²) in [5.74, 6) is 0.137. The number of carbonyl (C=O) groups is 2. The van der Waals surface area contributed by atoms with Crippen LogP contribution in [0.25, 0.3) is 11.3 Å². The lowest BCUT2D eigenvalue weighted by Gasteiger charge is -2.10. The first-order valence-corrected chi connectivity index (χ1v) is 10.8. The molecule has 0 unspecified atom stereocenters. The number of rotatable bonds is 5. The maximum absolute atomic E-state index is 13.1. The lowest BCUT2D eigenvalue weighted by atomic mass is 10.1. The Balaban J connectivity index is 1.87. The number of halogens is 1. The zero-order chi connectivity index (χ0) is 24.1. The molecule has 0 aliphatic heterocycles. The number of ether oxygens (including phenoxy) is 2. The number of aromatic nitrogens is 1. The van der Waals surface area contributed by atoms with Gasteiger partial charge in [-0.3, -0.25) is 10.1 Å². The van der Waals surface area contributed by atoms with Crippen molar-refractivity contribution in [1.29, 1.82) is 0 Å². The van der Waals surface area contributed by atoms with E-state index in [1.807, 2.05) is 6.92 Å². The molecule has 0 saturated carbocycles. The second-order valence-corrected chi connectivity index (χ2v) is 8.38. The number of carbonyl (C=O) groups excluding carboxylic acids is 2. The number of nitrogens with one attached hydrogen (secondary N) is 1. The Morgan fingerprint density at radius 2 is 1.91 bits per heavy atom. The van der Waals surface area contributed by atoms with Gasteiger partial charge in [-0.2, -0.15) is 4.37 Å². The summed E-state index contributed by atoms with van der Waals surface area (Å²) in [5.41, 5.74) is 14.5. The van der Waals surface area contributed by atoms with E-state index in [9.17, 15) is 9.59 Å². The average molecular weight is 488 g/mol. The third-order valence-corrected chi connectivity index (χ3v) is 5.74. The van der Waals surface area contributed by atoms with Gasteiger partial charge in [-0.25, -0.2) is 9.79 Å². The molecular formula is C22H22ClN5O4S. The molecule has 11 heteroatoms. The van der Waals surface area contributed by atoms with Crippen molar-refractivity contribution in [3.63, 3.8) is 0 Å². The molecule has 9 nitrogen and oxygen atoms in total. The van der Waals surface area contributed by atoms with Gasteiger partial charge in [-0.05, 0) is 66.8 Å². The summed E-state index contributed by atoms with van der Waals surface area (Å²) in [6, 6.07) is 10.2. The lowest BCUT2D eigenvalue weighted by molar-refractivity contribution is 0.0970. The van der Waals surface area contributed by atoms with Gasteiger partial charge in [0.25, 0.3) is 5.91 Å². The number of benzene rings is 2. The SMILES string of the molecule is COc1ccc(-c2nsc(C)c2C(=O)NC(=NCc2cc(C)c(N)c(Cl)c2)OC(N)=O)cc1. The molecule has 0 atom stereocenters. The first-order valence-electron chi connectivity index (χ1n) is 9.67. The first kappa shape index (κ1) is 24.0. The van der Waals surface area contributed by atoms with E-state index >= 15 is 0 Å². The largest absolute Gasteiger partial charge is 0.497 e. The van der Waals surface area contributed by atoms with Gasteiger partial charge in [0.15, 0.2) is 0 Å². The minimum absolute atomic E-state index is 0.0654. The van der Waals surface area contributed by atoms with Crippen molar-refractivity contribution in [1.82, 2.24) is 9.69 Å². The van der Waals surface area contributed by atoms with Gasteiger partial charge >= 0.3 is 12.1 Å². The molecule has 0 aliphatic carbocycles. The van der Waals surface area contributed by atoms with Gasteiger partial charge in [0, 0.05) is 10.4 Å². The molecule has 172 valence electrons. The van der Waals surface area contributed by atoms with Gasteiger partial charge in [-0.1, -0.05) is 17.7 Å². The van der Waals surface area contributed by atoms with Crippen LogP contribution < -0.4 is 21.5 Å². The Bertz CT molecular complexity index is 1200. The summed E-state index contributed by atoms with van der Waals surface area (Å²) in [4.78, 5) is 29.3. The number of nitrogens with zero attached hydrogens (tertiary/aromatic N) is 2. The smallest absolute Gasteiger partial charge is 0.412 e. The van der Waals surface area contributed by atoms with E-state index < -0.39 is 12.0 Å². The topological polar surface area (TPSA) is 142 Å². The van der Waals surface area contributed by atoms with Gasteiger partial charge in [0.05, 0.1) is 35.6 Å². The number of amidine groups is 1. The highest BCUT2D eigenvalue weighted by Crippen LogP contribution is 2.29. The fourth-order valence-corrected chi connectivity index (χ4v) is 4.01. The average Bonchev–Trinajstić information content (AvgIpc) is 3.16. The summed E-state index contributed by atoms with van der Waals surface area (Å²) >= 11 is 7.30. The van der Waals surface area contributed by atoms with Gasteiger partial charge < -0.3 is 20.9 Å². The van der Waals surface area contributed by atoms with Crippen LogP contribution in [0.4, 0.5) is 10.5 Å². The third-order valence-electron chi connectivity index (χ3n) is 4.67. The molecule has 1 aromatic heterocycles. The number of hydrogen-bond acceptors (Lipinski definition) is 8. The number of amides is 2. The summed E-state index contributed by atoms with van der Waals surface area (Å²) in [6.07, 6.45) is -1.11. The van der Waals surface area contributed by atoms with Crippen LogP contribution in [-0.4, -0.2) is 29.5 Å². The van der Waals surface area contributed by atoms with E-state index in [-0.39, 0.29) is 12.6 Å². The summed E-state index contributed by atoms with van der Waals surface area (Å²) in [7, 11) is 1.57. The number of hydrogen-bond donors (Lipinski definition) is 3. The molecule has 0 aliphatic rings. The highest BCUT2D eigenvalue weighted by atomic mass is 35.5. The molecule has 0 spiro atoms. The predicted molar refractivity (Wildman–Crippen MR) is 129 cm³/mol. The second-order valence-electron chi connectivity index (χ2n) is 7.00. The Morgan fingerprint density at radius 1 is 1.21 bits per heavy atom. The molecule has 0 saturated heterocycles. The zero-order valence-electron chi connectivity index (χ0n) is 18.1. The molecule has 2 amide bonds. The van der Waals surface area contributed by atoms with Crippen molar-refractivity contribution in [2.45, 2.75) is 20.4 Å². The predicted octanol–water partition coefficient (Wildman–Crippen LogP) is 4.05. The van der Waals surface area contributed by atoms with Crippen molar-refractivity contribution < 1.29 is 19.1 Å². The molecule has 0 fully saturated rings.